The van der Waals surface area contributed by atoms with Crippen LogP contribution in [-0.4, -0.2) is 18.6 Å². The summed E-state index contributed by atoms with van der Waals surface area (Å²) in [6.07, 6.45) is 2.19. The summed E-state index contributed by atoms with van der Waals surface area (Å²) >= 11 is 4.41. The van der Waals surface area contributed by atoms with Gasteiger partial charge in [-0.05, 0) is 12.0 Å². The Kier molecular flexibility index (Phi) is 3.25. The molecule has 0 bridgehead atoms. The summed E-state index contributed by atoms with van der Waals surface area (Å²) in [5.74, 6) is 1.19. The minimum atomic E-state index is -0.588. The Balaban J connectivity index is 3.36. The molecule has 3 heteroatoms. The molecule has 0 nitrogen and oxygen atoms in total. The topological polar surface area (TPSA) is 0 Å². The highest BCUT2D eigenvalue weighted by molar-refractivity contribution is 8.97. The first-order valence-corrected chi connectivity index (χ1v) is 5.73. The van der Waals surface area contributed by atoms with Gasteiger partial charge in [0.05, 0.1) is 0 Å². The Labute approximate surface area is 53.3 Å². The van der Waals surface area contributed by atoms with Crippen LogP contribution in [0.25, 0.3) is 0 Å². The van der Waals surface area contributed by atoms with Crippen molar-refractivity contribution < 1.29 is 0 Å². The van der Waals surface area contributed by atoms with Crippen molar-refractivity contribution in [2.75, 3.05) is 12.0 Å². The molecule has 0 fully saturated rings. The fourth-order valence-electron chi connectivity index (χ4n) is 0.167. The van der Waals surface area contributed by atoms with Gasteiger partial charge in [0.2, 0.25) is 0 Å². The van der Waals surface area contributed by atoms with Gasteiger partial charge in [0, 0.05) is 0 Å². The van der Waals surface area contributed by atoms with Crippen LogP contribution in [0.15, 0.2) is 0 Å². The van der Waals surface area contributed by atoms with Gasteiger partial charge in [0.25, 0.3) is 0 Å². The number of hydrogen-bond acceptors (Lipinski definition) is 1. The molecule has 0 aromatic carbocycles. The highest BCUT2D eigenvalue weighted by Crippen LogP contribution is 2.45. The molecule has 1 unspecified atom stereocenters. The first kappa shape index (κ1) is 7.76. The molecule has 43 valence electrons. The lowest BCUT2D eigenvalue weighted by Crippen LogP contribution is -1.96. The molecule has 0 saturated heterocycles. The van der Waals surface area contributed by atoms with Crippen molar-refractivity contribution in [1.82, 2.24) is 0 Å². The maximum atomic E-state index is 4.41. The highest BCUT2D eigenvalue weighted by atomic mass is 33.1. The van der Waals surface area contributed by atoms with Crippen LogP contribution < -0.4 is 0 Å². The van der Waals surface area contributed by atoms with E-state index < -0.39 is 8.91 Å². The van der Waals surface area contributed by atoms with Crippen LogP contribution in [-0.2, 0) is 0 Å². The predicted octanol–water partition coefficient (Wildman–Crippen LogP) is 1.95. The molecule has 0 saturated carbocycles. The number of thiol groups is 1. The van der Waals surface area contributed by atoms with E-state index in [9.17, 15) is 0 Å². The quantitative estimate of drug-likeness (QED) is 0.334. The molecular weight excluding hydrogens is 123 g/mol. The minimum Gasteiger partial charge on any atom is -0.234 e. The van der Waals surface area contributed by atoms with Gasteiger partial charge in [0.15, 0.2) is 6.56 Å². The predicted molar refractivity (Wildman–Crippen MR) is 44.7 cm³/mol. The molecule has 0 aliphatic rings. The van der Waals surface area contributed by atoms with Crippen molar-refractivity contribution in [2.24, 2.45) is 0 Å². The van der Waals surface area contributed by atoms with E-state index in [2.05, 4.69) is 38.2 Å². The van der Waals surface area contributed by atoms with Crippen LogP contribution in [0.3, 0.4) is 0 Å². The largest absolute Gasteiger partial charge is 0.234 e. The molecule has 1 atom stereocenters. The molecular formula is C4H12BS2. The Hall–Kier alpha value is 0.765. The van der Waals surface area contributed by atoms with E-state index >= 15 is 0 Å². The van der Waals surface area contributed by atoms with Crippen molar-refractivity contribution in [1.29, 1.82) is 0 Å². The molecule has 1 radical (unpaired) electrons. The molecule has 0 aromatic heterocycles. The third kappa shape index (κ3) is 3.36. The van der Waals surface area contributed by atoms with Gasteiger partial charge in [-0.15, -0.1) is 11.7 Å². The molecule has 0 aliphatic heterocycles. The summed E-state index contributed by atoms with van der Waals surface area (Å²) in [6.45, 7) is 6.43. The van der Waals surface area contributed by atoms with E-state index in [1.807, 2.05) is 0 Å². The monoisotopic (exact) mass is 135 g/mol. The van der Waals surface area contributed by atoms with Crippen molar-refractivity contribution >= 4 is 27.1 Å². The van der Waals surface area contributed by atoms with E-state index in [1.165, 1.54) is 5.75 Å². The van der Waals surface area contributed by atoms with E-state index in [-0.39, 0.29) is 0 Å². The first-order chi connectivity index (χ1) is 3.12. The molecule has 0 spiro atoms. The SMILES string of the molecule is C[B]S(C)(S)CC. The third-order valence-corrected chi connectivity index (χ3v) is 4.68. The van der Waals surface area contributed by atoms with Gasteiger partial charge >= 0.3 is 0 Å². The average Bonchev–Trinajstić information content (AvgIpc) is 1.68. The number of hydrogen-bond donors (Lipinski definition) is 1. The summed E-state index contributed by atoms with van der Waals surface area (Å²) in [7, 11) is -0.588. The maximum absolute atomic E-state index is 4.41. The molecule has 0 N–H and O–H groups in total. The lowest BCUT2D eigenvalue weighted by Gasteiger charge is -2.24. The van der Waals surface area contributed by atoms with Gasteiger partial charge < -0.3 is 0 Å². The second kappa shape index (κ2) is 2.93. The fraction of sp³-hybridized carbons (Fsp3) is 1.00. The normalized spacial score (nSPS) is 22.9. The van der Waals surface area contributed by atoms with Crippen molar-refractivity contribution in [3.8, 4) is 0 Å². The average molecular weight is 135 g/mol. The third-order valence-electron chi connectivity index (χ3n) is 1.09. The smallest absolute Gasteiger partial charge is 0.178 e. The lowest BCUT2D eigenvalue weighted by molar-refractivity contribution is 1.52. The first-order valence-electron chi connectivity index (χ1n) is 2.40. The van der Waals surface area contributed by atoms with Gasteiger partial charge in [-0.25, -0.2) is 8.91 Å². The molecule has 0 heterocycles. The zero-order chi connectivity index (χ0) is 5.91. The highest BCUT2D eigenvalue weighted by Gasteiger charge is 2.05. The Morgan fingerprint density at radius 1 is 1.71 bits per heavy atom. The van der Waals surface area contributed by atoms with Crippen molar-refractivity contribution in [3.63, 3.8) is 0 Å². The lowest BCUT2D eigenvalue weighted by atomic mass is 10.2. The summed E-state index contributed by atoms with van der Waals surface area (Å²) in [5, 5.41) is 0. The summed E-state index contributed by atoms with van der Waals surface area (Å²) in [4.78, 5) is 0. The van der Waals surface area contributed by atoms with Crippen LogP contribution in [0.1, 0.15) is 6.92 Å². The summed E-state index contributed by atoms with van der Waals surface area (Å²) in [6, 6.07) is 0. The second-order valence-corrected chi connectivity index (χ2v) is 7.40. The zero-order valence-electron chi connectivity index (χ0n) is 5.14. The molecule has 0 amide bonds. The van der Waals surface area contributed by atoms with E-state index in [4.69, 9.17) is 0 Å². The van der Waals surface area contributed by atoms with Gasteiger partial charge in [-0.3, -0.25) is 0 Å². The van der Waals surface area contributed by atoms with E-state index in [1.54, 1.807) is 0 Å². The van der Waals surface area contributed by atoms with Crippen LogP contribution in [0, 0.1) is 0 Å². The van der Waals surface area contributed by atoms with Crippen molar-refractivity contribution in [3.05, 3.63) is 0 Å². The number of rotatable bonds is 2. The standard InChI is InChI=1S/C4H12BS2/c1-4-7(3,6)5-2/h6H,4H2,1-3H3. The van der Waals surface area contributed by atoms with Gasteiger partial charge in [-0.2, -0.15) is 0 Å². The minimum absolute atomic E-state index is 0.588. The van der Waals surface area contributed by atoms with Crippen molar-refractivity contribution in [2.45, 2.75) is 13.7 Å². The van der Waals surface area contributed by atoms with Crippen LogP contribution >= 0.6 is 20.6 Å². The van der Waals surface area contributed by atoms with Crippen LogP contribution in [0.4, 0.5) is 0 Å². The van der Waals surface area contributed by atoms with Gasteiger partial charge in [-0.1, -0.05) is 13.7 Å². The summed E-state index contributed by atoms with van der Waals surface area (Å²) < 4.78 is 0. The van der Waals surface area contributed by atoms with Crippen LogP contribution in [0.5, 0.6) is 0 Å². The zero-order valence-corrected chi connectivity index (χ0v) is 6.85. The summed E-state index contributed by atoms with van der Waals surface area (Å²) in [5.41, 5.74) is 0. The molecule has 0 aromatic rings. The Morgan fingerprint density at radius 3 is 2.14 bits per heavy atom. The molecule has 0 aliphatic carbocycles. The Morgan fingerprint density at radius 2 is 2.14 bits per heavy atom. The van der Waals surface area contributed by atoms with Gasteiger partial charge in [0.1, 0.15) is 0 Å². The van der Waals surface area contributed by atoms with Crippen LogP contribution in [0.2, 0.25) is 6.82 Å². The Bertz CT molecular complexity index is 47.7. The molecule has 7 heavy (non-hydrogen) atoms. The maximum Gasteiger partial charge on any atom is 0.178 e. The van der Waals surface area contributed by atoms with E-state index in [0.717, 1.165) is 0 Å². The second-order valence-electron chi connectivity index (χ2n) is 1.63. The van der Waals surface area contributed by atoms with E-state index in [0.29, 0.717) is 0 Å². The molecule has 0 rings (SSSR count). The fourth-order valence-corrected chi connectivity index (χ4v) is 0.500.